The summed E-state index contributed by atoms with van der Waals surface area (Å²) < 4.78 is 31.6. The molecule has 0 bridgehead atoms. The minimum atomic E-state index is -0.772. The number of fused-ring (bicyclic) bond motifs is 4. The van der Waals surface area contributed by atoms with Gasteiger partial charge in [0.25, 0.3) is 6.33 Å². The first-order chi connectivity index (χ1) is 29.0. The molecule has 0 radical (unpaired) electrons. The molecule has 0 unspecified atom stereocenters. The quantitative estimate of drug-likeness (QED) is 0.0958. The van der Waals surface area contributed by atoms with E-state index in [-0.39, 0.29) is 31.9 Å². The third-order valence-electron chi connectivity index (χ3n) is 11.7. The second kappa shape index (κ2) is 17.1. The van der Waals surface area contributed by atoms with Gasteiger partial charge in [-0.1, -0.05) is 123 Å². The third kappa shape index (κ3) is 8.20. The van der Waals surface area contributed by atoms with Gasteiger partial charge in [0, 0.05) is 47.0 Å². The minimum absolute atomic E-state index is 0. The van der Waals surface area contributed by atoms with Gasteiger partial charge >= 0.3 is 0 Å². The summed E-state index contributed by atoms with van der Waals surface area (Å²) in [5.41, 5.74) is 9.54. The SMILES string of the molecule is [2H]C(CC)(CC)c1cc(-[n+]2[c-]n(-c3[c-]c(Oc4[c-]c5c(cc4)c4cc(C(C)(C)C)ccc4n5-c4cc(C(C)(C)C)ccn4)cnc3)c3ccccc32)cc(C([2H])(CC)CC)c1.[Pt]. The van der Waals surface area contributed by atoms with Gasteiger partial charge in [-0.2, -0.15) is 6.07 Å². The average Bonchev–Trinajstić information content (AvgIpc) is 3.81. The van der Waals surface area contributed by atoms with Crippen molar-refractivity contribution >= 4 is 32.8 Å². The first kappa shape index (κ1) is 40.3. The second-order valence-corrected chi connectivity index (χ2v) is 17.6. The van der Waals surface area contributed by atoms with E-state index in [4.69, 9.17) is 9.72 Å². The van der Waals surface area contributed by atoms with Crippen molar-refractivity contribution < 1.29 is 33.1 Å². The van der Waals surface area contributed by atoms with Crippen molar-refractivity contribution in [3.63, 3.8) is 0 Å². The van der Waals surface area contributed by atoms with E-state index in [0.717, 1.165) is 55.5 Å². The predicted molar refractivity (Wildman–Crippen MR) is 242 cm³/mol. The Morgan fingerprint density at radius 1 is 0.700 bits per heavy atom. The normalized spacial score (nSPS) is 13.1. The fraction of sp³-hybridized carbons (Fsp3) is 0.340. The molecule has 0 saturated heterocycles. The third-order valence-corrected chi connectivity index (χ3v) is 11.7. The Kier molecular flexibility index (Phi) is 11.5. The number of nitrogens with zero attached hydrogens (tertiary/aromatic N) is 5. The number of benzene rings is 4. The Labute approximate surface area is 373 Å². The van der Waals surface area contributed by atoms with E-state index in [1.165, 1.54) is 11.1 Å². The van der Waals surface area contributed by atoms with Gasteiger partial charge in [0.2, 0.25) is 0 Å². The van der Waals surface area contributed by atoms with Crippen molar-refractivity contribution in [2.45, 2.75) is 118 Å². The van der Waals surface area contributed by atoms with Crippen LogP contribution in [0.1, 0.15) is 132 Å². The van der Waals surface area contributed by atoms with Crippen LogP contribution in [0.2, 0.25) is 0 Å². The number of imidazole rings is 1. The van der Waals surface area contributed by atoms with Gasteiger partial charge in [0.1, 0.15) is 5.82 Å². The van der Waals surface area contributed by atoms with E-state index >= 15 is 0 Å². The van der Waals surface area contributed by atoms with Crippen molar-refractivity contribution in [1.82, 2.24) is 19.1 Å². The summed E-state index contributed by atoms with van der Waals surface area (Å²) in [5.74, 6) is 0.261. The Morgan fingerprint density at radius 2 is 1.37 bits per heavy atom. The Morgan fingerprint density at radius 3 is 2.03 bits per heavy atom. The number of para-hydroxylation sites is 2. The molecule has 0 atom stereocenters. The summed E-state index contributed by atoms with van der Waals surface area (Å²) in [7, 11) is 0. The number of hydrogen-bond donors (Lipinski definition) is 0. The van der Waals surface area contributed by atoms with Crippen LogP contribution in [0.4, 0.5) is 0 Å². The molecular formula is C53H57N5OPt-2. The maximum atomic E-state index is 9.42. The average molecular weight is 977 g/mol. The molecule has 7 heteroatoms. The topological polar surface area (TPSA) is 48.8 Å². The summed E-state index contributed by atoms with van der Waals surface area (Å²) in [4.78, 5) is 9.51. The Bertz CT molecular complexity index is 2870. The van der Waals surface area contributed by atoms with Crippen molar-refractivity contribution in [1.29, 1.82) is 0 Å². The molecule has 6 nitrogen and oxygen atoms in total. The van der Waals surface area contributed by atoms with E-state index in [1.807, 2.05) is 33.5 Å². The fourth-order valence-corrected chi connectivity index (χ4v) is 8.24. The van der Waals surface area contributed by atoms with Crippen LogP contribution in [0.15, 0.2) is 104 Å². The largest absolute Gasteiger partial charge is 0.508 e. The first-order valence-electron chi connectivity index (χ1n) is 22.1. The summed E-state index contributed by atoms with van der Waals surface area (Å²) in [6.07, 6.45) is 11.6. The van der Waals surface area contributed by atoms with Crippen LogP contribution >= 0.6 is 0 Å². The number of aromatic nitrogens is 5. The molecule has 0 fully saturated rings. The molecular weight excluding hydrogens is 918 g/mol. The van der Waals surface area contributed by atoms with Crippen molar-refractivity contribution in [3.8, 4) is 28.7 Å². The Balaban J connectivity index is 0.00000578. The molecule has 0 amide bonds. The number of rotatable bonds is 11. The van der Waals surface area contributed by atoms with E-state index in [9.17, 15) is 2.74 Å². The van der Waals surface area contributed by atoms with Gasteiger partial charge in [-0.15, -0.1) is 23.6 Å². The first-order valence-corrected chi connectivity index (χ1v) is 21.1. The molecule has 0 aliphatic carbocycles. The molecule has 0 N–H and O–H groups in total. The van der Waals surface area contributed by atoms with Gasteiger partial charge in [0.05, 0.1) is 16.7 Å². The molecule has 0 aliphatic heterocycles. The van der Waals surface area contributed by atoms with Crippen molar-refractivity contribution in [2.75, 3.05) is 0 Å². The van der Waals surface area contributed by atoms with Gasteiger partial charge in [-0.05, 0) is 118 Å². The van der Waals surface area contributed by atoms with Crippen LogP contribution in [-0.2, 0) is 31.9 Å². The molecule has 4 aromatic carbocycles. The maximum Gasteiger partial charge on any atom is 0.268 e. The summed E-state index contributed by atoms with van der Waals surface area (Å²) in [6, 6.07) is 36.6. The fourth-order valence-electron chi connectivity index (χ4n) is 8.24. The van der Waals surface area contributed by atoms with Crippen molar-refractivity contribution in [2.24, 2.45) is 0 Å². The zero-order valence-corrected chi connectivity index (χ0v) is 38.9. The van der Waals surface area contributed by atoms with Crippen LogP contribution in [0.5, 0.6) is 11.5 Å². The van der Waals surface area contributed by atoms with Crippen LogP contribution < -0.4 is 9.30 Å². The molecule has 60 heavy (non-hydrogen) atoms. The zero-order valence-electron chi connectivity index (χ0n) is 38.6. The Hall–Kier alpha value is -5.06. The standard InChI is InChI=1S/C53H57N5O.Pt/c1-11-35(12-2)37-25-38(36(13-3)14-4)27-41(26-37)56-34-57(49-18-16-15-17-48(49)56)42-30-44(33-54-32-42)59-43-20-21-45-46-28-39(52(5,6)7)19-22-47(46)58(50(45)31-43)51-29-40(23-24-55-51)53(8,9)10;/h15-29,32-33,35-36H,11-14H2,1-10H3;/q-2;/i35D,36D;. The van der Waals surface area contributed by atoms with Gasteiger partial charge < -0.3 is 18.9 Å². The number of ether oxygens (including phenoxy) is 1. The van der Waals surface area contributed by atoms with Crippen molar-refractivity contribution in [3.05, 3.63) is 144 Å². The molecule has 8 rings (SSSR count). The van der Waals surface area contributed by atoms with Crippen LogP contribution in [0.3, 0.4) is 0 Å². The number of pyridine rings is 2. The smallest absolute Gasteiger partial charge is 0.268 e. The van der Waals surface area contributed by atoms with E-state index in [0.29, 0.717) is 42.9 Å². The van der Waals surface area contributed by atoms with E-state index in [2.05, 4.69) is 164 Å². The number of hydrogen-bond acceptors (Lipinski definition) is 3. The van der Waals surface area contributed by atoms with Crippen LogP contribution in [0, 0.1) is 18.5 Å². The molecule has 0 saturated carbocycles. The second-order valence-electron chi connectivity index (χ2n) is 17.6. The molecule has 312 valence electrons. The van der Waals surface area contributed by atoms with E-state index in [1.54, 1.807) is 12.4 Å². The molecule has 0 spiro atoms. The van der Waals surface area contributed by atoms with Gasteiger partial charge in [0.15, 0.2) is 0 Å². The summed E-state index contributed by atoms with van der Waals surface area (Å²) >= 11 is 0. The maximum absolute atomic E-state index is 9.42. The van der Waals surface area contributed by atoms with Gasteiger partial charge in [-0.3, -0.25) is 4.57 Å². The summed E-state index contributed by atoms with van der Waals surface area (Å²) in [5, 5.41) is 2.21. The molecule has 4 heterocycles. The van der Waals surface area contributed by atoms with Crippen LogP contribution in [0.25, 0.3) is 50.0 Å². The summed E-state index contributed by atoms with van der Waals surface area (Å²) in [6.45, 7) is 21.7. The predicted octanol–water partition coefficient (Wildman–Crippen LogP) is 13.4. The molecule has 0 aliphatic rings. The monoisotopic (exact) mass is 976 g/mol. The van der Waals surface area contributed by atoms with E-state index < -0.39 is 11.8 Å². The molecule has 8 aromatic rings. The molecule has 4 aromatic heterocycles. The van der Waals surface area contributed by atoms with Gasteiger partial charge in [-0.25, -0.2) is 4.98 Å². The minimum Gasteiger partial charge on any atom is -0.508 e. The zero-order chi connectivity index (χ0) is 43.5. The van der Waals surface area contributed by atoms with Crippen LogP contribution in [-0.4, -0.2) is 19.1 Å².